The Morgan fingerprint density at radius 1 is 1.00 bits per heavy atom. The van der Waals surface area contributed by atoms with Crippen LogP contribution in [0.3, 0.4) is 0 Å². The summed E-state index contributed by atoms with van der Waals surface area (Å²) >= 11 is 5.66. The van der Waals surface area contributed by atoms with Crippen molar-refractivity contribution >= 4 is 17.6 Å². The smallest absolute Gasteiger partial charge is 0.314 e. The van der Waals surface area contributed by atoms with Gasteiger partial charge in [0.15, 0.2) is 0 Å². The van der Waals surface area contributed by atoms with Gasteiger partial charge in [-0.05, 0) is 61.8 Å². The summed E-state index contributed by atoms with van der Waals surface area (Å²) in [6.07, 6.45) is 0.679. The summed E-state index contributed by atoms with van der Waals surface area (Å²) < 4.78 is 27.3. The van der Waals surface area contributed by atoms with E-state index < -0.39 is 5.41 Å². The molecule has 0 saturated carbocycles. The summed E-state index contributed by atoms with van der Waals surface area (Å²) in [4.78, 5) is 14.4. The number of benzene rings is 2. The van der Waals surface area contributed by atoms with Crippen molar-refractivity contribution in [3.05, 3.63) is 71.3 Å². The van der Waals surface area contributed by atoms with Gasteiger partial charge < -0.3 is 15.5 Å². The number of amides is 2. The van der Waals surface area contributed by atoms with Gasteiger partial charge in [-0.1, -0.05) is 31.2 Å². The zero-order chi connectivity index (χ0) is 22.1. The molecular weight excluding hydrogens is 408 g/mol. The number of hydrogen-bond donors (Lipinski definition) is 2. The van der Waals surface area contributed by atoms with Crippen LogP contribution in [0.5, 0.6) is 0 Å². The number of carbonyl (C=O) groups is 1. The Hall–Kier alpha value is -2.18. The highest BCUT2D eigenvalue weighted by molar-refractivity contribution is 6.18. The van der Waals surface area contributed by atoms with Gasteiger partial charge in [-0.25, -0.2) is 13.6 Å². The van der Waals surface area contributed by atoms with E-state index in [1.165, 1.54) is 24.3 Å². The Labute approximate surface area is 182 Å². The number of rotatable bonds is 10. The number of alkyl halides is 1. The molecule has 4 nitrogen and oxygen atoms in total. The second-order valence-corrected chi connectivity index (χ2v) is 8.34. The van der Waals surface area contributed by atoms with E-state index in [1.807, 2.05) is 14.1 Å². The highest BCUT2D eigenvalue weighted by Crippen LogP contribution is 2.38. The summed E-state index contributed by atoms with van der Waals surface area (Å²) in [7, 11) is 4.01. The predicted octanol–water partition coefficient (Wildman–Crippen LogP) is 4.38. The monoisotopic (exact) mass is 437 g/mol. The van der Waals surface area contributed by atoms with Crippen molar-refractivity contribution in [2.75, 3.05) is 39.6 Å². The van der Waals surface area contributed by atoms with E-state index in [1.54, 1.807) is 24.3 Å². The average Bonchev–Trinajstić information content (AvgIpc) is 2.70. The summed E-state index contributed by atoms with van der Waals surface area (Å²) in [5.74, 6) is -0.0985. The zero-order valence-corrected chi connectivity index (χ0v) is 18.5. The van der Waals surface area contributed by atoms with Crippen molar-refractivity contribution in [1.82, 2.24) is 15.5 Å². The number of nitrogens with one attached hydrogen (secondary N) is 2. The lowest BCUT2D eigenvalue weighted by Crippen LogP contribution is -2.47. The van der Waals surface area contributed by atoms with E-state index in [0.29, 0.717) is 18.8 Å². The fraction of sp³-hybridized carbons (Fsp3) is 0.435. The van der Waals surface area contributed by atoms with Crippen molar-refractivity contribution < 1.29 is 13.6 Å². The third-order valence-electron chi connectivity index (χ3n) is 5.10. The van der Waals surface area contributed by atoms with Gasteiger partial charge in [0.1, 0.15) is 11.6 Å². The van der Waals surface area contributed by atoms with Gasteiger partial charge in [-0.15, -0.1) is 11.6 Å². The Morgan fingerprint density at radius 3 is 1.93 bits per heavy atom. The summed E-state index contributed by atoms with van der Waals surface area (Å²) in [6.45, 7) is 3.60. The molecule has 2 aromatic carbocycles. The summed E-state index contributed by atoms with van der Waals surface area (Å²) in [5, 5.41) is 5.63. The van der Waals surface area contributed by atoms with Crippen LogP contribution in [0.2, 0.25) is 0 Å². The van der Waals surface area contributed by atoms with E-state index in [0.717, 1.165) is 17.7 Å². The molecule has 0 heterocycles. The Morgan fingerprint density at radius 2 is 1.50 bits per heavy atom. The van der Waals surface area contributed by atoms with Crippen LogP contribution >= 0.6 is 11.6 Å². The van der Waals surface area contributed by atoms with E-state index in [2.05, 4.69) is 22.5 Å². The molecule has 1 unspecified atom stereocenters. The molecule has 0 aromatic heterocycles. The van der Waals surface area contributed by atoms with Gasteiger partial charge in [0.2, 0.25) is 0 Å². The Kier molecular flexibility index (Phi) is 9.06. The van der Waals surface area contributed by atoms with Crippen LogP contribution in [-0.2, 0) is 5.41 Å². The Bertz CT molecular complexity index is 752. The Balaban J connectivity index is 2.49. The van der Waals surface area contributed by atoms with Crippen molar-refractivity contribution in [3.63, 3.8) is 0 Å². The van der Waals surface area contributed by atoms with Gasteiger partial charge in [-0.2, -0.15) is 0 Å². The fourth-order valence-corrected chi connectivity index (χ4v) is 4.05. The molecule has 2 aromatic rings. The first kappa shape index (κ1) is 24.1. The molecule has 0 spiro atoms. The maximum Gasteiger partial charge on any atom is 0.314 e. The number of nitrogens with zero attached hydrogens (tertiary/aromatic N) is 1. The molecule has 2 N–H and O–H groups in total. The first-order valence-electron chi connectivity index (χ1n) is 10.0. The first-order chi connectivity index (χ1) is 14.3. The third kappa shape index (κ3) is 6.67. The lowest BCUT2D eigenvalue weighted by Gasteiger charge is -2.38. The molecule has 2 rings (SSSR count). The van der Waals surface area contributed by atoms with Crippen molar-refractivity contribution in [3.8, 4) is 0 Å². The van der Waals surface area contributed by atoms with Gasteiger partial charge in [0, 0.05) is 30.9 Å². The topological polar surface area (TPSA) is 44.4 Å². The second kappa shape index (κ2) is 11.3. The molecule has 0 aliphatic heterocycles. The van der Waals surface area contributed by atoms with Crippen LogP contribution in [0.1, 0.15) is 24.5 Å². The van der Waals surface area contributed by atoms with E-state index in [9.17, 15) is 13.6 Å². The standard InChI is InChI=1S/C23H30ClF2N3O/c1-17(15-29(2)3)14-23(16-28-22(30)27-13-12-24,18-4-8-20(25)9-5-18)19-6-10-21(26)11-7-19/h4-11,17H,12-16H2,1-3H3,(H2,27,28,30). The maximum atomic E-state index is 13.7. The third-order valence-corrected chi connectivity index (χ3v) is 5.29. The average molecular weight is 438 g/mol. The minimum Gasteiger partial charge on any atom is -0.337 e. The molecule has 164 valence electrons. The van der Waals surface area contributed by atoms with Gasteiger partial charge in [-0.3, -0.25) is 0 Å². The molecule has 0 radical (unpaired) electrons. The summed E-state index contributed by atoms with van der Waals surface area (Å²) in [5.41, 5.74) is 1.06. The van der Waals surface area contributed by atoms with Gasteiger partial charge >= 0.3 is 6.03 Å². The van der Waals surface area contributed by atoms with Crippen LogP contribution in [0.25, 0.3) is 0 Å². The molecule has 0 fully saturated rings. The van der Waals surface area contributed by atoms with Gasteiger partial charge in [0.25, 0.3) is 0 Å². The molecule has 0 aliphatic carbocycles. The quantitative estimate of drug-likeness (QED) is 0.542. The zero-order valence-electron chi connectivity index (χ0n) is 17.7. The lowest BCUT2D eigenvalue weighted by atomic mass is 9.69. The summed E-state index contributed by atoms with van der Waals surface area (Å²) in [6, 6.07) is 12.3. The molecular formula is C23H30ClF2N3O. The van der Waals surface area contributed by atoms with E-state index in [-0.39, 0.29) is 30.1 Å². The first-order valence-corrected chi connectivity index (χ1v) is 10.5. The number of hydrogen-bond acceptors (Lipinski definition) is 2. The van der Waals surface area contributed by atoms with Crippen LogP contribution in [0, 0.1) is 17.6 Å². The predicted molar refractivity (Wildman–Crippen MR) is 118 cm³/mol. The minimum absolute atomic E-state index is 0.253. The number of urea groups is 1. The van der Waals surface area contributed by atoms with Crippen LogP contribution in [0.4, 0.5) is 13.6 Å². The van der Waals surface area contributed by atoms with E-state index in [4.69, 9.17) is 11.6 Å². The number of carbonyl (C=O) groups excluding carboxylic acids is 1. The van der Waals surface area contributed by atoms with E-state index >= 15 is 0 Å². The van der Waals surface area contributed by atoms with Crippen LogP contribution < -0.4 is 10.6 Å². The molecule has 0 aliphatic rings. The molecule has 1 atom stereocenters. The highest BCUT2D eigenvalue weighted by Gasteiger charge is 2.36. The largest absolute Gasteiger partial charge is 0.337 e. The van der Waals surface area contributed by atoms with Crippen LogP contribution in [-0.4, -0.2) is 50.5 Å². The van der Waals surface area contributed by atoms with Crippen molar-refractivity contribution in [1.29, 1.82) is 0 Å². The fourth-order valence-electron chi connectivity index (χ4n) is 3.95. The molecule has 30 heavy (non-hydrogen) atoms. The minimum atomic E-state index is -0.658. The van der Waals surface area contributed by atoms with Crippen molar-refractivity contribution in [2.24, 2.45) is 5.92 Å². The molecule has 0 saturated heterocycles. The highest BCUT2D eigenvalue weighted by atomic mass is 35.5. The normalized spacial score (nSPS) is 12.6. The maximum absolute atomic E-state index is 13.7. The van der Waals surface area contributed by atoms with Gasteiger partial charge in [0.05, 0.1) is 0 Å². The molecule has 7 heteroatoms. The molecule has 2 amide bonds. The second-order valence-electron chi connectivity index (χ2n) is 7.97. The lowest BCUT2D eigenvalue weighted by molar-refractivity contribution is 0.235. The SMILES string of the molecule is CC(CN(C)C)CC(CNC(=O)NCCCl)(c1ccc(F)cc1)c1ccc(F)cc1. The number of halogens is 3. The van der Waals surface area contributed by atoms with Crippen LogP contribution in [0.15, 0.2) is 48.5 Å². The van der Waals surface area contributed by atoms with Crippen molar-refractivity contribution in [2.45, 2.75) is 18.8 Å². The molecule has 0 bridgehead atoms.